The molecule has 1 aliphatic rings. The molecule has 2 amide bonds. The molecule has 0 bridgehead atoms. The zero-order valence-corrected chi connectivity index (χ0v) is 16.9. The van der Waals surface area contributed by atoms with Crippen LogP contribution < -0.4 is 5.32 Å². The summed E-state index contributed by atoms with van der Waals surface area (Å²) in [4.78, 5) is 36.7. The Labute approximate surface area is 169 Å². The first kappa shape index (κ1) is 22.5. The molecule has 2 rings (SSSR count). The van der Waals surface area contributed by atoms with Gasteiger partial charge in [0, 0.05) is 6.54 Å². The van der Waals surface area contributed by atoms with Crippen molar-refractivity contribution in [2.45, 2.75) is 51.5 Å². The first-order chi connectivity index (χ1) is 13.6. The number of aliphatic carboxylic acids is 1. The quantitative estimate of drug-likeness (QED) is 0.712. The lowest BCUT2D eigenvalue weighted by Crippen LogP contribution is -2.42. The molecule has 1 heterocycles. The molecule has 0 radical (unpaired) electrons. The SMILES string of the molecule is CC(C)(C)OC(=O)N[C@H]1C[C@@H](COCC(=O)O)N(C(=O)OCc2ccccc2)C1. The van der Waals surface area contributed by atoms with Crippen LogP contribution in [0.25, 0.3) is 0 Å². The van der Waals surface area contributed by atoms with Crippen LogP contribution in [-0.2, 0) is 25.6 Å². The second-order valence-corrected chi connectivity index (χ2v) is 7.83. The number of carboxylic acid groups (broad SMARTS) is 1. The second kappa shape index (κ2) is 10.1. The Morgan fingerprint density at radius 2 is 1.90 bits per heavy atom. The largest absolute Gasteiger partial charge is 0.480 e. The van der Waals surface area contributed by atoms with E-state index in [0.29, 0.717) is 6.42 Å². The van der Waals surface area contributed by atoms with E-state index in [1.54, 1.807) is 20.8 Å². The van der Waals surface area contributed by atoms with Gasteiger partial charge >= 0.3 is 18.2 Å². The summed E-state index contributed by atoms with van der Waals surface area (Å²) in [6, 6.07) is 8.49. The van der Waals surface area contributed by atoms with E-state index in [-0.39, 0.29) is 25.8 Å². The molecule has 0 unspecified atom stereocenters. The van der Waals surface area contributed by atoms with Crippen LogP contribution in [0.15, 0.2) is 30.3 Å². The number of rotatable bonds is 7. The maximum atomic E-state index is 12.6. The number of hydrogen-bond acceptors (Lipinski definition) is 6. The lowest BCUT2D eigenvalue weighted by atomic mass is 10.2. The van der Waals surface area contributed by atoms with Gasteiger partial charge in [-0.3, -0.25) is 0 Å². The number of carbonyl (C=O) groups excluding carboxylic acids is 2. The summed E-state index contributed by atoms with van der Waals surface area (Å²) < 4.78 is 15.8. The van der Waals surface area contributed by atoms with Crippen molar-refractivity contribution in [2.24, 2.45) is 0 Å². The number of carboxylic acids is 1. The summed E-state index contributed by atoms with van der Waals surface area (Å²) in [5, 5.41) is 11.5. The van der Waals surface area contributed by atoms with E-state index in [1.807, 2.05) is 30.3 Å². The van der Waals surface area contributed by atoms with Gasteiger partial charge in [0.1, 0.15) is 18.8 Å². The van der Waals surface area contributed by atoms with E-state index in [2.05, 4.69) is 5.32 Å². The first-order valence-corrected chi connectivity index (χ1v) is 9.40. The molecule has 0 saturated carbocycles. The van der Waals surface area contributed by atoms with Crippen molar-refractivity contribution >= 4 is 18.2 Å². The van der Waals surface area contributed by atoms with Crippen LogP contribution in [0, 0.1) is 0 Å². The maximum Gasteiger partial charge on any atom is 0.410 e. The number of benzene rings is 1. The summed E-state index contributed by atoms with van der Waals surface area (Å²) >= 11 is 0. The van der Waals surface area contributed by atoms with Crippen LogP contribution in [0.1, 0.15) is 32.8 Å². The van der Waals surface area contributed by atoms with E-state index >= 15 is 0 Å². The molecule has 160 valence electrons. The third kappa shape index (κ3) is 7.98. The Bertz CT molecular complexity index is 703. The molecule has 1 aromatic rings. The van der Waals surface area contributed by atoms with Gasteiger partial charge in [-0.05, 0) is 32.8 Å². The van der Waals surface area contributed by atoms with E-state index in [9.17, 15) is 14.4 Å². The van der Waals surface area contributed by atoms with Gasteiger partial charge in [-0.2, -0.15) is 0 Å². The van der Waals surface area contributed by atoms with Crippen LogP contribution in [0.4, 0.5) is 9.59 Å². The number of ether oxygens (including phenoxy) is 3. The molecule has 0 aromatic heterocycles. The smallest absolute Gasteiger partial charge is 0.410 e. The van der Waals surface area contributed by atoms with Crippen LogP contribution in [0.2, 0.25) is 0 Å². The van der Waals surface area contributed by atoms with Gasteiger partial charge < -0.3 is 29.5 Å². The third-order valence-corrected chi connectivity index (χ3v) is 4.11. The minimum absolute atomic E-state index is 0.0270. The van der Waals surface area contributed by atoms with Gasteiger partial charge in [0.2, 0.25) is 0 Å². The number of alkyl carbamates (subject to hydrolysis) is 1. The van der Waals surface area contributed by atoms with E-state index < -0.39 is 36.4 Å². The van der Waals surface area contributed by atoms with Crippen molar-refractivity contribution in [3.63, 3.8) is 0 Å². The monoisotopic (exact) mass is 408 g/mol. The zero-order valence-electron chi connectivity index (χ0n) is 16.9. The minimum Gasteiger partial charge on any atom is -0.480 e. The summed E-state index contributed by atoms with van der Waals surface area (Å²) in [6.07, 6.45) is -0.724. The second-order valence-electron chi connectivity index (χ2n) is 7.83. The normalized spacial score (nSPS) is 18.9. The zero-order chi connectivity index (χ0) is 21.4. The predicted octanol–water partition coefficient (Wildman–Crippen LogP) is 2.39. The Morgan fingerprint density at radius 3 is 2.52 bits per heavy atom. The third-order valence-electron chi connectivity index (χ3n) is 4.11. The van der Waals surface area contributed by atoms with E-state index in [0.717, 1.165) is 5.56 Å². The van der Waals surface area contributed by atoms with Gasteiger partial charge in [-0.25, -0.2) is 14.4 Å². The fourth-order valence-corrected chi connectivity index (χ4v) is 2.96. The highest BCUT2D eigenvalue weighted by Gasteiger charge is 2.37. The molecular formula is C20H28N2O7. The molecule has 2 N–H and O–H groups in total. The average Bonchev–Trinajstić information content (AvgIpc) is 3.01. The highest BCUT2D eigenvalue weighted by atomic mass is 16.6. The standard InChI is InChI=1S/C20H28N2O7/c1-20(2,3)29-18(25)21-15-9-16(12-27-13-17(23)24)22(10-15)19(26)28-11-14-7-5-4-6-8-14/h4-8,15-16H,9-13H2,1-3H3,(H,21,25)(H,23,24)/t15-,16-/m0/s1. The summed E-state index contributed by atoms with van der Waals surface area (Å²) in [5.41, 5.74) is 0.211. The van der Waals surface area contributed by atoms with Crippen LogP contribution in [0.5, 0.6) is 0 Å². The van der Waals surface area contributed by atoms with Crippen molar-refractivity contribution in [2.75, 3.05) is 19.8 Å². The Balaban J connectivity index is 1.95. The number of amides is 2. The molecule has 0 spiro atoms. The van der Waals surface area contributed by atoms with Gasteiger partial charge in [0.15, 0.2) is 0 Å². The Hall–Kier alpha value is -2.81. The van der Waals surface area contributed by atoms with Crippen molar-refractivity contribution in [1.29, 1.82) is 0 Å². The van der Waals surface area contributed by atoms with Crippen LogP contribution in [0.3, 0.4) is 0 Å². The molecule has 1 saturated heterocycles. The summed E-state index contributed by atoms with van der Waals surface area (Å²) in [7, 11) is 0. The molecule has 2 atom stereocenters. The average molecular weight is 408 g/mol. The molecule has 29 heavy (non-hydrogen) atoms. The van der Waals surface area contributed by atoms with Crippen molar-refractivity contribution in [1.82, 2.24) is 10.2 Å². The lowest BCUT2D eigenvalue weighted by Gasteiger charge is -2.23. The van der Waals surface area contributed by atoms with E-state index in [1.165, 1.54) is 4.90 Å². The molecule has 1 fully saturated rings. The topological polar surface area (TPSA) is 114 Å². The molecule has 9 nitrogen and oxygen atoms in total. The molecular weight excluding hydrogens is 380 g/mol. The minimum atomic E-state index is -1.09. The Morgan fingerprint density at radius 1 is 1.21 bits per heavy atom. The first-order valence-electron chi connectivity index (χ1n) is 9.40. The van der Waals surface area contributed by atoms with Gasteiger partial charge in [-0.15, -0.1) is 0 Å². The maximum absolute atomic E-state index is 12.6. The number of carbonyl (C=O) groups is 3. The summed E-state index contributed by atoms with van der Waals surface area (Å²) in [5.74, 6) is -1.09. The molecule has 0 aliphatic carbocycles. The Kier molecular flexibility index (Phi) is 7.83. The van der Waals surface area contributed by atoms with Gasteiger partial charge in [0.05, 0.1) is 18.7 Å². The number of nitrogens with one attached hydrogen (secondary N) is 1. The number of nitrogens with zero attached hydrogens (tertiary/aromatic N) is 1. The van der Waals surface area contributed by atoms with Crippen molar-refractivity contribution in [3.05, 3.63) is 35.9 Å². The fourth-order valence-electron chi connectivity index (χ4n) is 2.96. The van der Waals surface area contributed by atoms with Crippen LogP contribution >= 0.6 is 0 Å². The predicted molar refractivity (Wildman–Crippen MR) is 103 cm³/mol. The van der Waals surface area contributed by atoms with Gasteiger partial charge in [0.25, 0.3) is 0 Å². The lowest BCUT2D eigenvalue weighted by molar-refractivity contribution is -0.142. The fraction of sp³-hybridized carbons (Fsp3) is 0.550. The molecule has 1 aliphatic heterocycles. The molecule has 9 heteroatoms. The highest BCUT2D eigenvalue weighted by molar-refractivity contribution is 5.70. The van der Waals surface area contributed by atoms with Crippen molar-refractivity contribution in [3.8, 4) is 0 Å². The molecule has 1 aromatic carbocycles. The van der Waals surface area contributed by atoms with Gasteiger partial charge in [-0.1, -0.05) is 30.3 Å². The highest BCUT2D eigenvalue weighted by Crippen LogP contribution is 2.21. The number of hydrogen-bond donors (Lipinski definition) is 2. The van der Waals surface area contributed by atoms with Crippen molar-refractivity contribution < 1.29 is 33.7 Å². The summed E-state index contributed by atoms with van der Waals surface area (Å²) in [6.45, 7) is 5.18. The number of likely N-dealkylation sites (tertiary alicyclic amines) is 1. The van der Waals surface area contributed by atoms with E-state index in [4.69, 9.17) is 19.3 Å². The van der Waals surface area contributed by atoms with Crippen LogP contribution in [-0.4, -0.2) is 65.6 Å².